The molecule has 2 aliphatic heterocycles. The van der Waals surface area contributed by atoms with Gasteiger partial charge in [0.05, 0.1) is 23.5 Å². The summed E-state index contributed by atoms with van der Waals surface area (Å²) >= 11 is 5.16. The van der Waals surface area contributed by atoms with Crippen LogP contribution in [0.3, 0.4) is 0 Å². The number of thiocarbonyl (C=S) groups is 1. The van der Waals surface area contributed by atoms with Crippen LogP contribution in [0.5, 0.6) is 0 Å². The van der Waals surface area contributed by atoms with E-state index in [9.17, 15) is 0 Å². The van der Waals surface area contributed by atoms with Gasteiger partial charge in [0, 0.05) is 20.1 Å². The molecule has 0 amide bonds. The molecule has 2 bridgehead atoms. The molecule has 2 N–H and O–H groups in total. The standard InChI is InChI=1S/C12H18N4OS/c1-7-10(11(13)18)12(15(2)14-7)16-5-8-3-4-9(6-16)17-8/h8-9H,3-6H2,1-2H3,(H2,13,18). The van der Waals surface area contributed by atoms with E-state index in [-0.39, 0.29) is 0 Å². The van der Waals surface area contributed by atoms with Crippen LogP contribution < -0.4 is 10.6 Å². The quantitative estimate of drug-likeness (QED) is 0.800. The molecule has 5 nitrogen and oxygen atoms in total. The van der Waals surface area contributed by atoms with Crippen LogP contribution in [0.15, 0.2) is 0 Å². The number of morpholine rings is 1. The number of hydrogen-bond donors (Lipinski definition) is 1. The molecule has 98 valence electrons. The van der Waals surface area contributed by atoms with Crippen molar-refractivity contribution >= 4 is 23.0 Å². The Morgan fingerprint density at radius 3 is 2.56 bits per heavy atom. The molecule has 0 aromatic carbocycles. The molecule has 2 unspecified atom stereocenters. The second-order valence-electron chi connectivity index (χ2n) is 5.13. The summed E-state index contributed by atoms with van der Waals surface area (Å²) in [6, 6.07) is 0. The van der Waals surface area contributed by atoms with Crippen molar-refractivity contribution in [2.24, 2.45) is 12.8 Å². The second kappa shape index (κ2) is 4.20. The maximum Gasteiger partial charge on any atom is 0.137 e. The van der Waals surface area contributed by atoms with E-state index in [0.29, 0.717) is 17.2 Å². The van der Waals surface area contributed by atoms with Crippen LogP contribution >= 0.6 is 12.2 Å². The summed E-state index contributed by atoms with van der Waals surface area (Å²) in [6.45, 7) is 3.77. The van der Waals surface area contributed by atoms with Gasteiger partial charge >= 0.3 is 0 Å². The third-order valence-electron chi connectivity index (χ3n) is 3.78. The lowest BCUT2D eigenvalue weighted by Gasteiger charge is -2.34. The third-order valence-corrected chi connectivity index (χ3v) is 3.99. The van der Waals surface area contributed by atoms with Gasteiger partial charge in [0.2, 0.25) is 0 Å². The Balaban J connectivity index is 1.99. The zero-order valence-corrected chi connectivity index (χ0v) is 11.5. The Labute approximate surface area is 112 Å². The molecule has 18 heavy (non-hydrogen) atoms. The predicted octanol–water partition coefficient (Wildman–Crippen LogP) is 0.730. The van der Waals surface area contributed by atoms with Gasteiger partial charge in [-0.1, -0.05) is 12.2 Å². The highest BCUT2D eigenvalue weighted by Crippen LogP contribution is 2.32. The first-order valence-corrected chi connectivity index (χ1v) is 6.71. The highest BCUT2D eigenvalue weighted by atomic mass is 32.1. The minimum atomic E-state index is 0.346. The SMILES string of the molecule is Cc1nn(C)c(N2CC3CCC(C2)O3)c1C(N)=S. The van der Waals surface area contributed by atoms with E-state index in [1.807, 2.05) is 18.7 Å². The number of anilines is 1. The number of hydrogen-bond acceptors (Lipinski definition) is 4. The Hall–Kier alpha value is -1.14. The van der Waals surface area contributed by atoms with Crippen LogP contribution in [0.4, 0.5) is 5.82 Å². The van der Waals surface area contributed by atoms with Crippen molar-refractivity contribution in [3.8, 4) is 0 Å². The highest BCUT2D eigenvalue weighted by Gasteiger charge is 2.36. The van der Waals surface area contributed by atoms with Crippen LogP contribution in [0.2, 0.25) is 0 Å². The highest BCUT2D eigenvalue weighted by molar-refractivity contribution is 7.80. The van der Waals surface area contributed by atoms with Gasteiger partial charge in [-0.25, -0.2) is 0 Å². The lowest BCUT2D eigenvalue weighted by Crippen LogP contribution is -2.44. The van der Waals surface area contributed by atoms with Gasteiger partial charge in [-0.3, -0.25) is 4.68 Å². The van der Waals surface area contributed by atoms with Crippen molar-refractivity contribution < 1.29 is 4.74 Å². The van der Waals surface area contributed by atoms with E-state index in [0.717, 1.165) is 43.0 Å². The van der Waals surface area contributed by atoms with Gasteiger partial charge in [0.1, 0.15) is 10.8 Å². The predicted molar refractivity (Wildman–Crippen MR) is 73.9 cm³/mol. The molecule has 0 saturated carbocycles. The number of fused-ring (bicyclic) bond motifs is 2. The Morgan fingerprint density at radius 2 is 2.00 bits per heavy atom. The molecule has 3 heterocycles. The zero-order chi connectivity index (χ0) is 12.9. The normalized spacial score (nSPS) is 26.7. The molecule has 6 heteroatoms. The van der Waals surface area contributed by atoms with Crippen molar-refractivity contribution in [2.45, 2.75) is 32.0 Å². The maximum atomic E-state index is 5.86. The maximum absolute atomic E-state index is 5.86. The van der Waals surface area contributed by atoms with Crippen LogP contribution in [0.1, 0.15) is 24.1 Å². The number of aryl methyl sites for hydroxylation is 2. The lowest BCUT2D eigenvalue weighted by molar-refractivity contribution is 0.0300. The molecule has 2 saturated heterocycles. The van der Waals surface area contributed by atoms with E-state index >= 15 is 0 Å². The van der Waals surface area contributed by atoms with Gasteiger partial charge in [-0.2, -0.15) is 5.10 Å². The minimum absolute atomic E-state index is 0.346. The molecule has 2 aliphatic rings. The van der Waals surface area contributed by atoms with Crippen LogP contribution in [0, 0.1) is 6.92 Å². The fraction of sp³-hybridized carbons (Fsp3) is 0.667. The molecule has 2 atom stereocenters. The van der Waals surface area contributed by atoms with E-state index in [1.54, 1.807) is 0 Å². The zero-order valence-electron chi connectivity index (χ0n) is 10.7. The monoisotopic (exact) mass is 266 g/mol. The summed E-state index contributed by atoms with van der Waals surface area (Å²) in [5, 5.41) is 4.44. The number of rotatable bonds is 2. The third kappa shape index (κ3) is 1.80. The van der Waals surface area contributed by atoms with Crippen molar-refractivity contribution in [2.75, 3.05) is 18.0 Å². The molecular formula is C12H18N4OS. The first-order valence-electron chi connectivity index (χ1n) is 6.30. The molecule has 0 spiro atoms. The summed E-state index contributed by atoms with van der Waals surface area (Å²) in [6.07, 6.45) is 3.00. The smallest absolute Gasteiger partial charge is 0.137 e. The molecule has 0 radical (unpaired) electrons. The summed E-state index contributed by atoms with van der Waals surface area (Å²) in [4.78, 5) is 2.75. The van der Waals surface area contributed by atoms with Gasteiger partial charge in [0.25, 0.3) is 0 Å². The van der Waals surface area contributed by atoms with Gasteiger partial charge in [-0.15, -0.1) is 0 Å². The minimum Gasteiger partial charge on any atom is -0.389 e. The first kappa shape index (κ1) is 11.9. The van der Waals surface area contributed by atoms with Crippen molar-refractivity contribution in [3.63, 3.8) is 0 Å². The number of aromatic nitrogens is 2. The van der Waals surface area contributed by atoms with Crippen molar-refractivity contribution in [1.82, 2.24) is 9.78 Å². The molecular weight excluding hydrogens is 248 g/mol. The van der Waals surface area contributed by atoms with Crippen LogP contribution in [-0.4, -0.2) is 40.1 Å². The summed E-state index contributed by atoms with van der Waals surface area (Å²) in [7, 11) is 1.95. The summed E-state index contributed by atoms with van der Waals surface area (Å²) in [5.74, 6) is 1.04. The first-order chi connectivity index (χ1) is 8.56. The molecule has 2 fully saturated rings. The number of nitrogens with zero attached hydrogens (tertiary/aromatic N) is 3. The Bertz CT molecular complexity index is 487. The topological polar surface area (TPSA) is 56.3 Å². The largest absolute Gasteiger partial charge is 0.389 e. The van der Waals surface area contributed by atoms with E-state index in [4.69, 9.17) is 22.7 Å². The van der Waals surface area contributed by atoms with E-state index < -0.39 is 0 Å². The molecule has 0 aliphatic carbocycles. The average Bonchev–Trinajstić information content (AvgIpc) is 2.78. The summed E-state index contributed by atoms with van der Waals surface area (Å²) < 4.78 is 7.74. The van der Waals surface area contributed by atoms with Crippen molar-refractivity contribution in [1.29, 1.82) is 0 Å². The van der Waals surface area contributed by atoms with Crippen LogP contribution in [-0.2, 0) is 11.8 Å². The number of nitrogens with two attached hydrogens (primary N) is 1. The summed E-state index contributed by atoms with van der Waals surface area (Å²) in [5.41, 5.74) is 7.65. The fourth-order valence-corrected chi connectivity index (χ4v) is 3.32. The van der Waals surface area contributed by atoms with Crippen molar-refractivity contribution in [3.05, 3.63) is 11.3 Å². The van der Waals surface area contributed by atoms with Crippen LogP contribution in [0.25, 0.3) is 0 Å². The van der Waals surface area contributed by atoms with Gasteiger partial charge in [0.15, 0.2) is 0 Å². The van der Waals surface area contributed by atoms with E-state index in [1.165, 1.54) is 0 Å². The average molecular weight is 266 g/mol. The van der Waals surface area contributed by atoms with Gasteiger partial charge in [-0.05, 0) is 19.8 Å². The van der Waals surface area contributed by atoms with E-state index in [2.05, 4.69) is 10.00 Å². The molecule has 1 aromatic rings. The molecule has 1 aromatic heterocycles. The fourth-order valence-electron chi connectivity index (χ4n) is 3.09. The second-order valence-corrected chi connectivity index (χ2v) is 5.57. The Morgan fingerprint density at radius 1 is 1.39 bits per heavy atom. The Kier molecular flexibility index (Phi) is 2.79. The lowest BCUT2D eigenvalue weighted by atomic mass is 10.2. The number of ether oxygens (including phenoxy) is 1. The molecule has 3 rings (SSSR count). The van der Waals surface area contributed by atoms with Gasteiger partial charge < -0.3 is 15.4 Å².